The monoisotopic (exact) mass is 467 g/mol. The molecule has 1 nitrogen and oxygen atoms in total. The first-order valence-corrected chi connectivity index (χ1v) is 15.0. The van der Waals surface area contributed by atoms with E-state index in [0.29, 0.717) is 11.3 Å². The molecular formula is C30H31NP2. The van der Waals surface area contributed by atoms with Gasteiger partial charge in [0.25, 0.3) is 0 Å². The van der Waals surface area contributed by atoms with Gasteiger partial charge in [-0.25, -0.2) is 0 Å². The van der Waals surface area contributed by atoms with E-state index >= 15 is 0 Å². The minimum atomic E-state index is -0.441. The molecule has 0 radical (unpaired) electrons. The van der Waals surface area contributed by atoms with Crippen molar-refractivity contribution in [3.63, 3.8) is 0 Å². The van der Waals surface area contributed by atoms with E-state index in [1.807, 2.05) is 0 Å². The maximum Gasteiger partial charge on any atom is 0.0234 e. The number of hydrogen-bond acceptors (Lipinski definition) is 1. The van der Waals surface area contributed by atoms with Gasteiger partial charge in [-0.2, -0.15) is 0 Å². The van der Waals surface area contributed by atoms with Crippen LogP contribution in [0.25, 0.3) is 0 Å². The lowest BCUT2D eigenvalue weighted by molar-refractivity contribution is 0.333. The van der Waals surface area contributed by atoms with Crippen LogP contribution in [0.2, 0.25) is 0 Å². The molecule has 1 aliphatic rings. The molecule has 0 saturated carbocycles. The highest BCUT2D eigenvalue weighted by Crippen LogP contribution is 2.53. The molecule has 0 amide bonds. The van der Waals surface area contributed by atoms with Crippen LogP contribution in [0.1, 0.15) is 5.56 Å². The molecule has 4 aromatic carbocycles. The van der Waals surface area contributed by atoms with E-state index in [9.17, 15) is 0 Å². The molecule has 0 aromatic heterocycles. The SMILES string of the molecule is CP(c1ccccc1)C1CN(Cc2ccccc2)CC1P(c1ccccc1)c1ccccc1. The van der Waals surface area contributed by atoms with Crippen LogP contribution in [0.5, 0.6) is 0 Å². The third-order valence-corrected chi connectivity index (χ3v) is 12.4. The third kappa shape index (κ3) is 5.28. The molecule has 0 spiro atoms. The molecule has 3 atom stereocenters. The van der Waals surface area contributed by atoms with Crippen molar-refractivity contribution >= 4 is 31.8 Å². The topological polar surface area (TPSA) is 3.24 Å². The average Bonchev–Trinajstić information content (AvgIpc) is 3.29. The van der Waals surface area contributed by atoms with E-state index in [-0.39, 0.29) is 7.92 Å². The van der Waals surface area contributed by atoms with E-state index < -0.39 is 7.92 Å². The lowest BCUT2D eigenvalue weighted by Gasteiger charge is -2.33. The Labute approximate surface area is 201 Å². The summed E-state index contributed by atoms with van der Waals surface area (Å²) in [5, 5.41) is 4.54. The lowest BCUT2D eigenvalue weighted by Crippen LogP contribution is -2.31. The molecule has 3 heteroatoms. The predicted octanol–water partition coefficient (Wildman–Crippen LogP) is 5.81. The van der Waals surface area contributed by atoms with Crippen LogP contribution < -0.4 is 15.9 Å². The van der Waals surface area contributed by atoms with E-state index in [0.717, 1.165) is 13.1 Å². The number of hydrogen-bond donors (Lipinski definition) is 0. The van der Waals surface area contributed by atoms with Crippen molar-refractivity contribution < 1.29 is 0 Å². The van der Waals surface area contributed by atoms with Gasteiger partial charge in [-0.1, -0.05) is 129 Å². The summed E-state index contributed by atoms with van der Waals surface area (Å²) < 4.78 is 0. The zero-order valence-electron chi connectivity index (χ0n) is 19.2. The van der Waals surface area contributed by atoms with Gasteiger partial charge in [0.2, 0.25) is 0 Å². The summed E-state index contributed by atoms with van der Waals surface area (Å²) in [6, 6.07) is 44.8. The van der Waals surface area contributed by atoms with Gasteiger partial charge < -0.3 is 0 Å². The number of benzene rings is 4. The molecular weight excluding hydrogens is 436 g/mol. The molecule has 0 aliphatic carbocycles. The van der Waals surface area contributed by atoms with Gasteiger partial charge in [0.1, 0.15) is 0 Å². The fourth-order valence-electron chi connectivity index (χ4n) is 5.02. The first-order chi connectivity index (χ1) is 16.3. The van der Waals surface area contributed by atoms with Gasteiger partial charge >= 0.3 is 0 Å². The number of likely N-dealkylation sites (tertiary alicyclic amines) is 1. The third-order valence-electron chi connectivity index (χ3n) is 6.64. The summed E-state index contributed by atoms with van der Waals surface area (Å²) in [6.45, 7) is 5.89. The summed E-state index contributed by atoms with van der Waals surface area (Å²) >= 11 is 0. The van der Waals surface area contributed by atoms with Crippen molar-refractivity contribution in [1.82, 2.24) is 4.90 Å². The Hall–Kier alpha value is -2.30. The van der Waals surface area contributed by atoms with Crippen molar-refractivity contribution in [1.29, 1.82) is 0 Å². The Balaban J connectivity index is 1.52. The van der Waals surface area contributed by atoms with Gasteiger partial charge in [0, 0.05) is 31.0 Å². The number of rotatable bonds is 7. The Morgan fingerprint density at radius 2 is 1.00 bits per heavy atom. The summed E-state index contributed by atoms with van der Waals surface area (Å²) in [5.74, 6) is 0. The Bertz CT molecular complexity index is 1080. The van der Waals surface area contributed by atoms with Gasteiger partial charge in [-0.05, 0) is 36.1 Å². The highest BCUT2D eigenvalue weighted by atomic mass is 31.1. The van der Waals surface area contributed by atoms with Crippen molar-refractivity contribution in [2.75, 3.05) is 19.8 Å². The molecule has 4 aromatic rings. The minimum Gasteiger partial charge on any atom is -0.298 e. The molecule has 0 bridgehead atoms. The summed E-state index contributed by atoms with van der Waals surface area (Å²) in [7, 11) is -0.697. The molecule has 1 aliphatic heterocycles. The van der Waals surface area contributed by atoms with E-state index in [1.165, 1.54) is 28.0 Å². The van der Waals surface area contributed by atoms with Crippen molar-refractivity contribution in [3.8, 4) is 0 Å². The van der Waals surface area contributed by atoms with Gasteiger partial charge in [-0.3, -0.25) is 4.90 Å². The maximum atomic E-state index is 2.72. The second kappa shape index (κ2) is 10.8. The van der Waals surface area contributed by atoms with Gasteiger partial charge in [0.05, 0.1) is 0 Å². The van der Waals surface area contributed by atoms with E-state index in [4.69, 9.17) is 0 Å². The molecule has 166 valence electrons. The van der Waals surface area contributed by atoms with Crippen molar-refractivity contribution in [2.24, 2.45) is 0 Å². The van der Waals surface area contributed by atoms with Crippen LogP contribution in [0.15, 0.2) is 121 Å². The Kier molecular flexibility index (Phi) is 7.33. The van der Waals surface area contributed by atoms with Crippen LogP contribution in [0.4, 0.5) is 0 Å². The Morgan fingerprint density at radius 1 is 0.576 bits per heavy atom. The zero-order valence-corrected chi connectivity index (χ0v) is 21.0. The molecule has 1 heterocycles. The first-order valence-electron chi connectivity index (χ1n) is 11.7. The molecule has 1 fully saturated rings. The van der Waals surface area contributed by atoms with Crippen LogP contribution in [-0.2, 0) is 6.54 Å². The largest absolute Gasteiger partial charge is 0.298 e. The quantitative estimate of drug-likeness (QED) is 0.310. The van der Waals surface area contributed by atoms with Crippen LogP contribution in [0.3, 0.4) is 0 Å². The van der Waals surface area contributed by atoms with Crippen LogP contribution in [0, 0.1) is 0 Å². The summed E-state index contributed by atoms with van der Waals surface area (Å²) in [4.78, 5) is 2.72. The fourth-order valence-corrected chi connectivity index (χ4v) is 11.0. The maximum absolute atomic E-state index is 2.72. The molecule has 5 rings (SSSR count). The fraction of sp³-hybridized carbons (Fsp3) is 0.200. The standard InChI is InChI=1S/C30H31NP2/c1-32(26-16-8-3-9-17-26)29-23-31(22-25-14-6-2-7-15-25)24-30(29)33(27-18-10-4-11-19-27)28-20-12-5-13-21-28/h2-21,29-30H,22-24H2,1H3. The number of nitrogens with zero attached hydrogens (tertiary/aromatic N) is 1. The normalized spacial score (nSPS) is 19.6. The smallest absolute Gasteiger partial charge is 0.0234 e. The van der Waals surface area contributed by atoms with Crippen LogP contribution >= 0.6 is 15.8 Å². The lowest BCUT2D eigenvalue weighted by atomic mass is 10.2. The molecule has 0 N–H and O–H groups in total. The average molecular weight is 468 g/mol. The highest BCUT2D eigenvalue weighted by molar-refractivity contribution is 7.75. The van der Waals surface area contributed by atoms with Gasteiger partial charge in [-0.15, -0.1) is 0 Å². The van der Waals surface area contributed by atoms with E-state index in [1.54, 1.807) is 0 Å². The molecule has 33 heavy (non-hydrogen) atoms. The summed E-state index contributed by atoms with van der Waals surface area (Å²) in [6.07, 6.45) is 0. The molecule has 3 unspecified atom stereocenters. The van der Waals surface area contributed by atoms with Gasteiger partial charge in [0.15, 0.2) is 0 Å². The van der Waals surface area contributed by atoms with Crippen LogP contribution in [-0.4, -0.2) is 36.0 Å². The van der Waals surface area contributed by atoms with Crippen molar-refractivity contribution in [3.05, 3.63) is 127 Å². The second-order valence-electron chi connectivity index (χ2n) is 8.80. The Morgan fingerprint density at radius 3 is 1.52 bits per heavy atom. The highest BCUT2D eigenvalue weighted by Gasteiger charge is 2.41. The predicted molar refractivity (Wildman–Crippen MR) is 147 cm³/mol. The first kappa shape index (κ1) is 22.5. The van der Waals surface area contributed by atoms with E-state index in [2.05, 4.69) is 133 Å². The second-order valence-corrected chi connectivity index (χ2v) is 13.6. The minimum absolute atomic E-state index is 0.256. The van der Waals surface area contributed by atoms with Crippen molar-refractivity contribution in [2.45, 2.75) is 17.9 Å². The molecule has 1 saturated heterocycles. The summed E-state index contributed by atoms with van der Waals surface area (Å²) in [5.41, 5.74) is 2.74. The zero-order chi connectivity index (χ0) is 22.5.